The van der Waals surface area contributed by atoms with Crippen molar-refractivity contribution in [3.05, 3.63) is 90.8 Å². The molecule has 0 aliphatic carbocycles. The largest absolute Gasteiger partial charge is 0.261 e. The van der Waals surface area contributed by atoms with Crippen LogP contribution in [0.4, 0.5) is 0 Å². The van der Waals surface area contributed by atoms with Crippen molar-refractivity contribution in [3.8, 4) is 22.3 Å². The van der Waals surface area contributed by atoms with Crippen molar-refractivity contribution in [3.63, 3.8) is 0 Å². The van der Waals surface area contributed by atoms with E-state index in [4.69, 9.17) is 0 Å². The fourth-order valence-electron chi connectivity index (χ4n) is 2.96. The molecule has 4 rings (SSSR count). The van der Waals surface area contributed by atoms with E-state index in [9.17, 15) is 0 Å². The quantitative estimate of drug-likeness (QED) is 0.450. The summed E-state index contributed by atoms with van der Waals surface area (Å²) in [6.07, 6.45) is 1.93. The van der Waals surface area contributed by atoms with Crippen molar-refractivity contribution in [2.75, 3.05) is 0 Å². The van der Waals surface area contributed by atoms with Gasteiger partial charge in [0.05, 0.1) is 0 Å². The zero-order chi connectivity index (χ0) is 15.6. The van der Waals surface area contributed by atoms with Crippen molar-refractivity contribution in [2.24, 2.45) is 0 Å². The summed E-state index contributed by atoms with van der Waals surface area (Å²) in [6.45, 7) is 2.01. The molecule has 0 unspecified atom stereocenters. The van der Waals surface area contributed by atoms with Gasteiger partial charge in [-0.15, -0.1) is 0 Å². The van der Waals surface area contributed by atoms with Gasteiger partial charge in [0.15, 0.2) is 0 Å². The van der Waals surface area contributed by atoms with Crippen LogP contribution in [0.2, 0.25) is 0 Å². The number of fused-ring (bicyclic) bond motifs is 1. The first-order valence-electron chi connectivity index (χ1n) is 7.82. The highest BCUT2D eigenvalue weighted by Gasteiger charge is 2.04. The zero-order valence-corrected chi connectivity index (χ0v) is 13.0. The molecule has 0 radical (unpaired) electrons. The lowest BCUT2D eigenvalue weighted by Crippen LogP contribution is -1.84. The first kappa shape index (κ1) is 13.7. The Bertz CT molecular complexity index is 946. The van der Waals surface area contributed by atoms with E-state index in [2.05, 4.69) is 77.8 Å². The molecule has 0 spiro atoms. The Kier molecular flexibility index (Phi) is 3.39. The monoisotopic (exact) mass is 295 g/mol. The fourth-order valence-corrected chi connectivity index (χ4v) is 2.96. The standard InChI is InChI=1S/C22H17N/c1-16-9-10-20(15-23-16)17-11-13-19(14-12-17)22-8-4-6-18-5-2-3-7-21(18)22/h2-15H,1H3. The van der Waals surface area contributed by atoms with E-state index >= 15 is 0 Å². The van der Waals surface area contributed by atoms with Crippen LogP contribution in [0.1, 0.15) is 5.69 Å². The second-order valence-electron chi connectivity index (χ2n) is 5.79. The summed E-state index contributed by atoms with van der Waals surface area (Å²) in [7, 11) is 0. The molecule has 1 heteroatoms. The zero-order valence-electron chi connectivity index (χ0n) is 13.0. The van der Waals surface area contributed by atoms with Crippen LogP contribution in [0.3, 0.4) is 0 Å². The van der Waals surface area contributed by atoms with Crippen LogP contribution in [0.15, 0.2) is 85.1 Å². The molecule has 0 saturated carbocycles. The van der Waals surface area contributed by atoms with E-state index in [0.29, 0.717) is 0 Å². The minimum Gasteiger partial charge on any atom is -0.261 e. The molecule has 3 aromatic carbocycles. The van der Waals surface area contributed by atoms with Crippen LogP contribution >= 0.6 is 0 Å². The summed E-state index contributed by atoms with van der Waals surface area (Å²) in [4.78, 5) is 4.38. The number of aryl methyl sites for hydroxylation is 1. The predicted octanol–water partition coefficient (Wildman–Crippen LogP) is 5.88. The number of rotatable bonds is 2. The lowest BCUT2D eigenvalue weighted by molar-refractivity contribution is 1.20. The van der Waals surface area contributed by atoms with Crippen LogP contribution in [-0.4, -0.2) is 4.98 Å². The third kappa shape index (κ3) is 2.62. The van der Waals surface area contributed by atoms with Gasteiger partial charge < -0.3 is 0 Å². The molecule has 0 aliphatic rings. The second-order valence-corrected chi connectivity index (χ2v) is 5.79. The average Bonchev–Trinajstić information content (AvgIpc) is 2.62. The average molecular weight is 295 g/mol. The molecular weight excluding hydrogens is 278 g/mol. The number of hydrogen-bond donors (Lipinski definition) is 0. The molecule has 23 heavy (non-hydrogen) atoms. The second kappa shape index (κ2) is 5.69. The van der Waals surface area contributed by atoms with Crippen molar-refractivity contribution in [1.29, 1.82) is 0 Å². The number of nitrogens with zero attached hydrogens (tertiary/aromatic N) is 1. The highest BCUT2D eigenvalue weighted by Crippen LogP contribution is 2.30. The topological polar surface area (TPSA) is 12.9 Å². The SMILES string of the molecule is Cc1ccc(-c2ccc(-c3cccc4ccccc34)cc2)cn1. The summed E-state index contributed by atoms with van der Waals surface area (Å²) in [5, 5.41) is 2.57. The number of hydrogen-bond acceptors (Lipinski definition) is 1. The van der Waals surface area contributed by atoms with Gasteiger partial charge in [0.1, 0.15) is 0 Å². The maximum Gasteiger partial charge on any atom is 0.0373 e. The highest BCUT2D eigenvalue weighted by atomic mass is 14.7. The summed E-state index contributed by atoms with van der Waals surface area (Å²) in [5.74, 6) is 0. The predicted molar refractivity (Wildman–Crippen MR) is 97.4 cm³/mol. The van der Waals surface area contributed by atoms with E-state index in [0.717, 1.165) is 11.3 Å². The minimum absolute atomic E-state index is 1.04. The molecule has 1 aromatic heterocycles. The summed E-state index contributed by atoms with van der Waals surface area (Å²) in [6, 6.07) is 27.9. The Morgan fingerprint density at radius 2 is 1.30 bits per heavy atom. The van der Waals surface area contributed by atoms with Crippen molar-refractivity contribution in [1.82, 2.24) is 4.98 Å². The van der Waals surface area contributed by atoms with Crippen LogP contribution in [0, 0.1) is 6.92 Å². The van der Waals surface area contributed by atoms with Gasteiger partial charge >= 0.3 is 0 Å². The Labute approximate surface area is 136 Å². The minimum atomic E-state index is 1.04. The van der Waals surface area contributed by atoms with Crippen molar-refractivity contribution >= 4 is 10.8 Å². The molecule has 110 valence electrons. The van der Waals surface area contributed by atoms with Gasteiger partial charge in [-0.2, -0.15) is 0 Å². The summed E-state index contributed by atoms with van der Waals surface area (Å²) in [5.41, 5.74) is 5.91. The van der Waals surface area contributed by atoms with E-state index in [1.807, 2.05) is 19.2 Å². The lowest BCUT2D eigenvalue weighted by atomic mass is 9.96. The first-order valence-corrected chi connectivity index (χ1v) is 7.82. The van der Waals surface area contributed by atoms with Crippen LogP contribution in [0.5, 0.6) is 0 Å². The van der Waals surface area contributed by atoms with E-state index in [1.165, 1.54) is 27.5 Å². The first-order chi connectivity index (χ1) is 11.3. The molecule has 0 bridgehead atoms. The molecule has 0 saturated heterocycles. The normalized spacial score (nSPS) is 10.8. The molecular formula is C22H17N. The van der Waals surface area contributed by atoms with Gasteiger partial charge in [-0.3, -0.25) is 4.98 Å². The van der Waals surface area contributed by atoms with Gasteiger partial charge in [-0.05, 0) is 40.5 Å². The van der Waals surface area contributed by atoms with Crippen LogP contribution in [-0.2, 0) is 0 Å². The maximum absolute atomic E-state index is 4.38. The molecule has 0 atom stereocenters. The molecule has 0 N–H and O–H groups in total. The van der Waals surface area contributed by atoms with Crippen LogP contribution < -0.4 is 0 Å². The van der Waals surface area contributed by atoms with E-state index in [-0.39, 0.29) is 0 Å². The third-order valence-electron chi connectivity index (χ3n) is 4.23. The van der Waals surface area contributed by atoms with Gasteiger partial charge in [0.25, 0.3) is 0 Å². The Hall–Kier alpha value is -2.93. The summed E-state index contributed by atoms with van der Waals surface area (Å²) < 4.78 is 0. The van der Waals surface area contributed by atoms with E-state index < -0.39 is 0 Å². The van der Waals surface area contributed by atoms with Gasteiger partial charge in [0, 0.05) is 17.5 Å². The lowest BCUT2D eigenvalue weighted by Gasteiger charge is -2.08. The van der Waals surface area contributed by atoms with Gasteiger partial charge in [-0.25, -0.2) is 0 Å². The number of aromatic nitrogens is 1. The number of pyridine rings is 1. The van der Waals surface area contributed by atoms with Crippen molar-refractivity contribution < 1.29 is 0 Å². The maximum atomic E-state index is 4.38. The Morgan fingerprint density at radius 1 is 0.609 bits per heavy atom. The molecule has 0 amide bonds. The van der Waals surface area contributed by atoms with Crippen molar-refractivity contribution in [2.45, 2.75) is 6.92 Å². The molecule has 0 aliphatic heterocycles. The third-order valence-corrected chi connectivity index (χ3v) is 4.23. The fraction of sp³-hybridized carbons (Fsp3) is 0.0455. The number of benzene rings is 3. The van der Waals surface area contributed by atoms with E-state index in [1.54, 1.807) is 0 Å². The smallest absolute Gasteiger partial charge is 0.0373 e. The highest BCUT2D eigenvalue weighted by molar-refractivity contribution is 5.96. The molecule has 1 heterocycles. The molecule has 0 fully saturated rings. The van der Waals surface area contributed by atoms with Gasteiger partial charge in [0.2, 0.25) is 0 Å². The Morgan fingerprint density at radius 3 is 2.09 bits per heavy atom. The van der Waals surface area contributed by atoms with Crippen LogP contribution in [0.25, 0.3) is 33.0 Å². The summed E-state index contributed by atoms with van der Waals surface area (Å²) >= 11 is 0. The van der Waals surface area contributed by atoms with Gasteiger partial charge in [-0.1, -0.05) is 72.8 Å². The molecule has 1 nitrogen and oxygen atoms in total. The Balaban J connectivity index is 1.77. The molecule has 4 aromatic rings.